The van der Waals surface area contributed by atoms with Gasteiger partial charge < -0.3 is 9.80 Å². The van der Waals surface area contributed by atoms with Gasteiger partial charge in [-0.15, -0.1) is 0 Å². The van der Waals surface area contributed by atoms with E-state index in [1.807, 2.05) is 0 Å². The number of rotatable bonds is 2. The Morgan fingerprint density at radius 1 is 0.477 bits per heavy atom. The van der Waals surface area contributed by atoms with Gasteiger partial charge in [-0.3, -0.25) is 0 Å². The molecule has 0 radical (unpaired) electrons. The molecule has 2 nitrogen and oxygen atoms in total. The quantitative estimate of drug-likeness (QED) is 0.160. The van der Waals surface area contributed by atoms with Crippen LogP contribution in [0, 0.1) is 0 Å². The zero-order valence-electron chi connectivity index (χ0n) is 42.8. The zero-order chi connectivity index (χ0) is 46.7. The molecule has 0 N–H and O–H groups in total. The van der Waals surface area contributed by atoms with E-state index >= 15 is 0 Å². The van der Waals surface area contributed by atoms with E-state index < -0.39 is 0 Å². The molecule has 1 atom stereocenters. The summed E-state index contributed by atoms with van der Waals surface area (Å²) >= 11 is 0. The van der Waals surface area contributed by atoms with Gasteiger partial charge >= 0.3 is 0 Å². The molecule has 0 spiro atoms. The zero-order valence-corrected chi connectivity index (χ0v) is 42.8. The molecule has 0 aromatic heterocycles. The van der Waals surface area contributed by atoms with Crippen molar-refractivity contribution in [3.8, 4) is 11.1 Å². The molecular weight excluding hydrogens is 784 g/mol. The summed E-state index contributed by atoms with van der Waals surface area (Å²) in [6, 6.07) is 42.4. The first kappa shape index (κ1) is 43.9. The van der Waals surface area contributed by atoms with Gasteiger partial charge in [0.25, 0.3) is 6.71 Å². The number of benzene rings is 6. The van der Waals surface area contributed by atoms with Crippen LogP contribution in [0.3, 0.4) is 0 Å². The first-order chi connectivity index (χ1) is 30.2. The van der Waals surface area contributed by atoms with Crippen LogP contribution in [0.25, 0.3) is 11.1 Å². The third-order valence-corrected chi connectivity index (χ3v) is 16.2. The second-order valence-electron chi connectivity index (χ2n) is 25.7. The number of hydrogen-bond acceptors (Lipinski definition) is 2. The Hall–Kier alpha value is -5.02. The van der Waals surface area contributed by atoms with Gasteiger partial charge in [0.1, 0.15) is 0 Å². The average Bonchev–Trinajstić information content (AvgIpc) is 3.22. The fourth-order valence-electron chi connectivity index (χ4n) is 11.9. The molecule has 3 heteroatoms. The minimum absolute atomic E-state index is 0.00798. The summed E-state index contributed by atoms with van der Waals surface area (Å²) < 4.78 is 0. The molecule has 6 aromatic carbocycles. The average molecular weight is 857 g/mol. The first-order valence-corrected chi connectivity index (χ1v) is 24.7. The van der Waals surface area contributed by atoms with E-state index in [4.69, 9.17) is 0 Å². The molecule has 10 rings (SSSR count). The molecule has 0 saturated carbocycles. The van der Waals surface area contributed by atoms with Gasteiger partial charge in [-0.1, -0.05) is 166 Å². The summed E-state index contributed by atoms with van der Waals surface area (Å²) in [4.78, 5) is 5.34. The Morgan fingerprint density at radius 3 is 1.65 bits per heavy atom. The van der Waals surface area contributed by atoms with E-state index in [1.165, 1.54) is 106 Å². The highest BCUT2D eigenvalue weighted by Crippen LogP contribution is 2.56. The SMILES string of the molecule is CC(C)c1cc2c3c(c1)N1c4cc5c(cc4B3c3cc(C(C)(C)C)ccc3N2c2ccc(C(C)(C)C)cc2)C(C)(C)CCC5(C)c2cc(ccc2C(C)(C)C)-c2cc(C(C)(C)C)ccc21. The van der Waals surface area contributed by atoms with Gasteiger partial charge in [-0.05, 0) is 167 Å². The minimum Gasteiger partial charge on any atom is -0.311 e. The minimum atomic E-state index is -0.172. The molecule has 1 unspecified atom stereocenters. The van der Waals surface area contributed by atoms with Crippen molar-refractivity contribution < 1.29 is 0 Å². The molecule has 3 aliphatic heterocycles. The number of fused-ring (bicyclic) bond motifs is 10. The number of nitrogens with zero attached hydrogens (tertiary/aromatic N) is 2. The molecule has 3 heterocycles. The van der Waals surface area contributed by atoms with Crippen LogP contribution in [0.15, 0.2) is 103 Å². The molecule has 0 saturated heterocycles. The maximum Gasteiger partial charge on any atom is 0.252 e. The van der Waals surface area contributed by atoms with Crippen molar-refractivity contribution in [2.45, 2.75) is 169 Å². The lowest BCUT2D eigenvalue weighted by molar-refractivity contribution is 0.346. The van der Waals surface area contributed by atoms with Gasteiger partial charge in [-0.25, -0.2) is 0 Å². The summed E-state index contributed by atoms with van der Waals surface area (Å²) in [5.41, 5.74) is 25.8. The lowest BCUT2D eigenvalue weighted by Gasteiger charge is -2.50. The molecule has 0 amide bonds. The predicted molar refractivity (Wildman–Crippen MR) is 284 cm³/mol. The molecule has 0 fully saturated rings. The van der Waals surface area contributed by atoms with Crippen molar-refractivity contribution >= 4 is 57.2 Å². The van der Waals surface area contributed by atoms with Crippen LogP contribution in [0.1, 0.15) is 181 Å². The van der Waals surface area contributed by atoms with Crippen LogP contribution in [0.4, 0.5) is 34.1 Å². The molecule has 1 aliphatic carbocycles. The van der Waals surface area contributed by atoms with Crippen molar-refractivity contribution in [1.82, 2.24) is 0 Å². The maximum atomic E-state index is 2.72. The Kier molecular flexibility index (Phi) is 9.45. The number of hydrogen-bond donors (Lipinski definition) is 0. The lowest BCUT2D eigenvalue weighted by Crippen LogP contribution is -2.62. The van der Waals surface area contributed by atoms with E-state index in [1.54, 1.807) is 0 Å². The Morgan fingerprint density at radius 2 is 1.05 bits per heavy atom. The molecule has 334 valence electrons. The summed E-state index contributed by atoms with van der Waals surface area (Å²) in [5.74, 6) is 0.328. The fraction of sp³-hybridized carbons (Fsp3) is 0.419. The normalized spacial score (nSPS) is 18.3. The van der Waals surface area contributed by atoms with E-state index in [0.717, 1.165) is 12.8 Å². The molecule has 4 bridgehead atoms. The monoisotopic (exact) mass is 857 g/mol. The molecule has 4 aliphatic rings. The van der Waals surface area contributed by atoms with Crippen molar-refractivity contribution in [2.75, 3.05) is 9.80 Å². The Labute approximate surface area is 393 Å². The third-order valence-electron chi connectivity index (χ3n) is 16.2. The largest absolute Gasteiger partial charge is 0.311 e. The second-order valence-corrected chi connectivity index (χ2v) is 25.7. The predicted octanol–water partition coefficient (Wildman–Crippen LogP) is 15.4. The van der Waals surface area contributed by atoms with Gasteiger partial charge in [0.2, 0.25) is 0 Å². The summed E-state index contributed by atoms with van der Waals surface area (Å²) in [6.45, 7) is 40.7. The highest BCUT2D eigenvalue weighted by atomic mass is 15.2. The van der Waals surface area contributed by atoms with E-state index in [9.17, 15) is 0 Å². The van der Waals surface area contributed by atoms with Crippen molar-refractivity contribution in [3.63, 3.8) is 0 Å². The van der Waals surface area contributed by atoms with Crippen LogP contribution >= 0.6 is 0 Å². The van der Waals surface area contributed by atoms with Gasteiger partial charge in [0, 0.05) is 39.4 Å². The second kappa shape index (κ2) is 14.0. The van der Waals surface area contributed by atoms with Crippen LogP contribution < -0.4 is 26.2 Å². The van der Waals surface area contributed by atoms with E-state index in [0.29, 0.717) is 5.92 Å². The summed E-state index contributed by atoms with van der Waals surface area (Å²) in [5, 5.41) is 0. The van der Waals surface area contributed by atoms with Crippen LogP contribution in [0.5, 0.6) is 0 Å². The van der Waals surface area contributed by atoms with Crippen LogP contribution in [-0.2, 0) is 32.5 Å². The number of anilines is 6. The maximum absolute atomic E-state index is 2.72. The Balaban J connectivity index is 1.39. The van der Waals surface area contributed by atoms with Gasteiger partial charge in [0.15, 0.2) is 0 Å². The van der Waals surface area contributed by atoms with E-state index in [-0.39, 0.29) is 39.2 Å². The molecule has 65 heavy (non-hydrogen) atoms. The molecular formula is C62H73BN2. The topological polar surface area (TPSA) is 6.48 Å². The summed E-state index contributed by atoms with van der Waals surface area (Å²) in [7, 11) is 0. The van der Waals surface area contributed by atoms with Crippen LogP contribution in [-0.4, -0.2) is 6.71 Å². The van der Waals surface area contributed by atoms with Gasteiger partial charge in [-0.2, -0.15) is 0 Å². The lowest BCUT2D eigenvalue weighted by atomic mass is 9.32. The van der Waals surface area contributed by atoms with Crippen LogP contribution in [0.2, 0.25) is 0 Å². The highest BCUT2D eigenvalue weighted by molar-refractivity contribution is 7.00. The van der Waals surface area contributed by atoms with Crippen molar-refractivity contribution in [1.29, 1.82) is 0 Å². The summed E-state index contributed by atoms with van der Waals surface area (Å²) in [6.07, 6.45) is 2.24. The molecule has 6 aromatic rings. The highest BCUT2D eigenvalue weighted by Gasteiger charge is 2.49. The van der Waals surface area contributed by atoms with Crippen molar-refractivity contribution in [2.24, 2.45) is 0 Å². The third kappa shape index (κ3) is 6.71. The smallest absolute Gasteiger partial charge is 0.252 e. The van der Waals surface area contributed by atoms with Crippen molar-refractivity contribution in [3.05, 3.63) is 148 Å². The first-order valence-electron chi connectivity index (χ1n) is 24.7. The Bertz CT molecular complexity index is 2930. The standard InChI is InChI=1S/C62H73BN2/c1-37(2)39-31-54-56-55(32-39)65-51-26-21-41(58(6,7)8)33-44(51)38-18-25-45(60(12,13)14)47(30-38)62(17)29-28-61(15,16)46-35-50(53(65)36-48(46)62)63(56)49-34-42(59(9,10)11)22-27-52(49)64(54)43-23-19-40(20-24-43)57(3,4)5/h18-27,30-37H,28-29H2,1-17H3. The fourth-order valence-corrected chi connectivity index (χ4v) is 11.9. The van der Waals surface area contributed by atoms with E-state index in [2.05, 4.69) is 231 Å². The van der Waals surface area contributed by atoms with Gasteiger partial charge in [0.05, 0.1) is 5.69 Å².